The molecule has 3 aromatic rings. The number of nitrogens with zero attached hydrogens (tertiary/aromatic N) is 4. The van der Waals surface area contributed by atoms with Gasteiger partial charge in [-0.25, -0.2) is 5.10 Å². The first kappa shape index (κ1) is 14.0. The SMILES string of the molecule is Oc1ccc(/C=N/n2c(-c3ccccn3)n[nH]c2=S)c(O)c1. The number of aromatic hydroxyl groups is 2. The van der Waals surface area contributed by atoms with Gasteiger partial charge in [0, 0.05) is 17.8 Å². The van der Waals surface area contributed by atoms with Crippen LogP contribution in [0.1, 0.15) is 5.56 Å². The van der Waals surface area contributed by atoms with Gasteiger partial charge < -0.3 is 10.2 Å². The zero-order valence-electron chi connectivity index (χ0n) is 11.2. The number of phenolic OH excluding ortho intramolecular Hbond substituents is 2. The molecule has 0 atom stereocenters. The molecular formula is C14H11N5O2S. The molecule has 3 rings (SSSR count). The van der Waals surface area contributed by atoms with Crippen LogP contribution in [0.25, 0.3) is 11.5 Å². The van der Waals surface area contributed by atoms with E-state index in [1.807, 2.05) is 6.07 Å². The van der Waals surface area contributed by atoms with Crippen molar-refractivity contribution in [3.05, 3.63) is 52.9 Å². The van der Waals surface area contributed by atoms with Crippen molar-refractivity contribution in [2.24, 2.45) is 5.10 Å². The molecule has 2 aromatic heterocycles. The maximum Gasteiger partial charge on any atom is 0.216 e. The van der Waals surface area contributed by atoms with E-state index in [1.54, 1.807) is 18.3 Å². The number of nitrogens with one attached hydrogen (secondary N) is 1. The van der Waals surface area contributed by atoms with E-state index in [2.05, 4.69) is 20.3 Å². The second-order valence-electron chi connectivity index (χ2n) is 4.37. The van der Waals surface area contributed by atoms with Crippen molar-refractivity contribution < 1.29 is 10.2 Å². The number of rotatable bonds is 3. The van der Waals surface area contributed by atoms with Crippen LogP contribution in [-0.2, 0) is 0 Å². The van der Waals surface area contributed by atoms with E-state index < -0.39 is 0 Å². The molecule has 110 valence electrons. The third kappa shape index (κ3) is 2.72. The van der Waals surface area contributed by atoms with Gasteiger partial charge >= 0.3 is 0 Å². The largest absolute Gasteiger partial charge is 0.508 e. The predicted octanol–water partition coefficient (Wildman–Crippen LogP) is 2.30. The monoisotopic (exact) mass is 313 g/mol. The second-order valence-corrected chi connectivity index (χ2v) is 4.75. The Morgan fingerprint density at radius 3 is 2.82 bits per heavy atom. The molecule has 0 saturated heterocycles. The van der Waals surface area contributed by atoms with Crippen molar-refractivity contribution in [1.29, 1.82) is 0 Å². The molecule has 0 aliphatic carbocycles. The van der Waals surface area contributed by atoms with Crippen LogP contribution in [0.15, 0.2) is 47.7 Å². The van der Waals surface area contributed by atoms with Crippen molar-refractivity contribution in [3.8, 4) is 23.0 Å². The van der Waals surface area contributed by atoms with E-state index in [-0.39, 0.29) is 11.5 Å². The van der Waals surface area contributed by atoms with Gasteiger partial charge in [-0.15, -0.1) is 0 Å². The highest BCUT2D eigenvalue weighted by Crippen LogP contribution is 2.21. The maximum atomic E-state index is 9.75. The lowest BCUT2D eigenvalue weighted by Gasteiger charge is -2.01. The van der Waals surface area contributed by atoms with Crippen molar-refractivity contribution in [1.82, 2.24) is 19.9 Å². The van der Waals surface area contributed by atoms with E-state index in [1.165, 1.54) is 29.1 Å². The van der Waals surface area contributed by atoms with Crippen molar-refractivity contribution >= 4 is 18.4 Å². The molecule has 22 heavy (non-hydrogen) atoms. The van der Waals surface area contributed by atoms with Crippen LogP contribution in [0.3, 0.4) is 0 Å². The summed E-state index contributed by atoms with van der Waals surface area (Å²) in [4.78, 5) is 4.20. The Labute approximate surface area is 130 Å². The van der Waals surface area contributed by atoms with Crippen LogP contribution >= 0.6 is 12.2 Å². The van der Waals surface area contributed by atoms with Crippen LogP contribution in [0.2, 0.25) is 0 Å². The lowest BCUT2D eigenvalue weighted by molar-refractivity contribution is 0.450. The van der Waals surface area contributed by atoms with E-state index >= 15 is 0 Å². The molecular weight excluding hydrogens is 302 g/mol. The molecule has 0 bridgehead atoms. The number of hydrogen-bond donors (Lipinski definition) is 3. The Kier molecular flexibility index (Phi) is 3.67. The minimum atomic E-state index is -0.0850. The number of H-pyrrole nitrogens is 1. The highest BCUT2D eigenvalue weighted by molar-refractivity contribution is 7.71. The first-order valence-corrected chi connectivity index (χ1v) is 6.71. The van der Waals surface area contributed by atoms with Crippen LogP contribution in [-0.4, -0.2) is 36.3 Å². The third-order valence-corrected chi connectivity index (χ3v) is 3.13. The Morgan fingerprint density at radius 2 is 2.09 bits per heavy atom. The Morgan fingerprint density at radius 1 is 1.23 bits per heavy atom. The third-order valence-electron chi connectivity index (χ3n) is 2.87. The molecule has 1 aromatic carbocycles. The van der Waals surface area contributed by atoms with E-state index in [0.717, 1.165) is 0 Å². The molecule has 0 saturated carbocycles. The van der Waals surface area contributed by atoms with Gasteiger partial charge in [-0.2, -0.15) is 14.9 Å². The van der Waals surface area contributed by atoms with Crippen LogP contribution in [0.4, 0.5) is 0 Å². The zero-order chi connectivity index (χ0) is 15.5. The molecule has 0 amide bonds. The Hall–Kier alpha value is -3.00. The molecule has 8 heteroatoms. The second kappa shape index (κ2) is 5.78. The maximum absolute atomic E-state index is 9.75. The number of hydrogen-bond acceptors (Lipinski definition) is 6. The summed E-state index contributed by atoms with van der Waals surface area (Å²) in [6.45, 7) is 0. The molecule has 0 aliphatic rings. The Balaban J connectivity index is 2.01. The van der Waals surface area contributed by atoms with Crippen LogP contribution in [0, 0.1) is 4.77 Å². The predicted molar refractivity (Wildman–Crippen MR) is 83.4 cm³/mol. The first-order chi connectivity index (χ1) is 10.6. The number of pyridine rings is 1. The van der Waals surface area contributed by atoms with Crippen molar-refractivity contribution in [2.45, 2.75) is 0 Å². The van der Waals surface area contributed by atoms with Gasteiger partial charge in [-0.05, 0) is 36.5 Å². The van der Waals surface area contributed by atoms with E-state index in [0.29, 0.717) is 21.9 Å². The fourth-order valence-electron chi connectivity index (χ4n) is 1.82. The lowest BCUT2D eigenvalue weighted by Crippen LogP contribution is -1.96. The number of phenols is 2. The molecule has 7 nitrogen and oxygen atoms in total. The number of aromatic nitrogens is 4. The summed E-state index contributed by atoms with van der Waals surface area (Å²) < 4.78 is 1.71. The summed E-state index contributed by atoms with van der Waals surface area (Å²) in [7, 11) is 0. The summed E-state index contributed by atoms with van der Waals surface area (Å²) in [5.41, 5.74) is 1.05. The van der Waals surface area contributed by atoms with Crippen molar-refractivity contribution in [2.75, 3.05) is 0 Å². The summed E-state index contributed by atoms with van der Waals surface area (Å²) in [5, 5.41) is 30.0. The topological polar surface area (TPSA) is 99.3 Å². The molecule has 0 fully saturated rings. The minimum Gasteiger partial charge on any atom is -0.508 e. The molecule has 0 spiro atoms. The zero-order valence-corrected chi connectivity index (χ0v) is 12.0. The van der Waals surface area contributed by atoms with Gasteiger partial charge in [-0.3, -0.25) is 4.98 Å². The number of benzene rings is 1. The lowest BCUT2D eigenvalue weighted by atomic mass is 10.2. The smallest absolute Gasteiger partial charge is 0.216 e. The van der Waals surface area contributed by atoms with Crippen LogP contribution < -0.4 is 0 Å². The molecule has 2 heterocycles. The number of aromatic amines is 1. The van der Waals surface area contributed by atoms with Gasteiger partial charge in [0.2, 0.25) is 10.6 Å². The molecule has 3 N–H and O–H groups in total. The standard InChI is InChI=1S/C14H11N5O2S/c20-10-5-4-9(12(21)7-10)8-16-19-13(17-18-14(19)22)11-3-1-2-6-15-11/h1-8,20-21H,(H,18,22)/b16-8+. The minimum absolute atomic E-state index is 0.0243. The summed E-state index contributed by atoms with van der Waals surface area (Å²) >= 11 is 5.14. The highest BCUT2D eigenvalue weighted by atomic mass is 32.1. The van der Waals surface area contributed by atoms with E-state index in [9.17, 15) is 10.2 Å². The fraction of sp³-hybridized carbons (Fsp3) is 0. The van der Waals surface area contributed by atoms with Crippen molar-refractivity contribution in [3.63, 3.8) is 0 Å². The Bertz CT molecular complexity index is 886. The van der Waals surface area contributed by atoms with Gasteiger partial charge in [-0.1, -0.05) is 6.07 Å². The van der Waals surface area contributed by atoms with Gasteiger partial charge in [0.15, 0.2) is 0 Å². The van der Waals surface area contributed by atoms with Gasteiger partial charge in [0.25, 0.3) is 0 Å². The average molecular weight is 313 g/mol. The summed E-state index contributed by atoms with van der Waals surface area (Å²) in [6, 6.07) is 9.64. The van der Waals surface area contributed by atoms with Crippen LogP contribution in [0.5, 0.6) is 11.5 Å². The van der Waals surface area contributed by atoms with Gasteiger partial charge in [0.05, 0.1) is 6.21 Å². The average Bonchev–Trinajstić information content (AvgIpc) is 2.88. The molecule has 0 aliphatic heterocycles. The molecule has 0 radical (unpaired) electrons. The highest BCUT2D eigenvalue weighted by Gasteiger charge is 2.09. The summed E-state index contributed by atoms with van der Waals surface area (Å²) in [6.07, 6.45) is 3.07. The molecule has 0 unspecified atom stereocenters. The first-order valence-electron chi connectivity index (χ1n) is 6.30. The van der Waals surface area contributed by atoms with Gasteiger partial charge in [0.1, 0.15) is 17.2 Å². The fourth-order valence-corrected chi connectivity index (χ4v) is 2.00. The van der Waals surface area contributed by atoms with E-state index in [4.69, 9.17) is 12.2 Å². The normalized spacial score (nSPS) is 11.1. The summed E-state index contributed by atoms with van der Waals surface area (Å²) in [5.74, 6) is 0.349. The quantitative estimate of drug-likeness (QED) is 0.509.